The molecule has 0 fully saturated rings. The van der Waals surface area contributed by atoms with Crippen LogP contribution in [0.15, 0.2) is 30.3 Å². The molecule has 0 heterocycles. The molecule has 0 bridgehead atoms. The number of carboxylic acids is 1. The molecule has 1 rings (SSSR count). The van der Waals surface area contributed by atoms with Gasteiger partial charge in [0.05, 0.1) is 12.5 Å². The van der Waals surface area contributed by atoms with Crippen molar-refractivity contribution in [2.24, 2.45) is 11.5 Å². The average Bonchev–Trinajstić information content (AvgIpc) is 2.72. The summed E-state index contributed by atoms with van der Waals surface area (Å²) >= 11 is 3.96. The topological polar surface area (TPSA) is 194 Å². The zero-order chi connectivity index (χ0) is 23.6. The molecule has 170 valence electrons. The quantitative estimate of drug-likeness (QED) is 0.176. The molecule has 4 unspecified atom stereocenters. The average molecular weight is 454 g/mol. The third kappa shape index (κ3) is 9.05. The molecule has 0 aliphatic rings. The second-order valence-electron chi connectivity index (χ2n) is 6.84. The summed E-state index contributed by atoms with van der Waals surface area (Å²) < 4.78 is 0. The molecule has 1 aromatic carbocycles. The Morgan fingerprint density at radius 1 is 0.968 bits per heavy atom. The molecule has 0 aliphatic heterocycles. The van der Waals surface area contributed by atoms with Gasteiger partial charge in [-0.15, -0.1) is 0 Å². The van der Waals surface area contributed by atoms with Crippen molar-refractivity contribution in [3.63, 3.8) is 0 Å². The van der Waals surface area contributed by atoms with E-state index < -0.39 is 60.2 Å². The van der Waals surface area contributed by atoms with Crippen LogP contribution < -0.4 is 27.4 Å². The van der Waals surface area contributed by atoms with Gasteiger partial charge in [0.25, 0.3) is 0 Å². The Bertz CT molecular complexity index is 806. The van der Waals surface area contributed by atoms with E-state index in [1.165, 1.54) is 6.92 Å². The Balaban J connectivity index is 2.87. The van der Waals surface area contributed by atoms with Crippen LogP contribution in [0, 0.1) is 0 Å². The highest BCUT2D eigenvalue weighted by molar-refractivity contribution is 7.80. The van der Waals surface area contributed by atoms with Gasteiger partial charge in [0.1, 0.15) is 18.1 Å². The second-order valence-corrected chi connectivity index (χ2v) is 7.21. The SMILES string of the molecule is CC(NC(=O)C(Cc1ccccc1)NC(=O)C(N)CS)C(=O)NC(CC(N)=O)C(=O)O. The number of rotatable bonds is 12. The fourth-order valence-corrected chi connectivity index (χ4v) is 2.66. The normalized spacial score (nSPS) is 14.4. The molecule has 11 nitrogen and oxygen atoms in total. The van der Waals surface area contributed by atoms with E-state index in [4.69, 9.17) is 16.6 Å². The summed E-state index contributed by atoms with van der Waals surface area (Å²) in [6.45, 7) is 1.33. The van der Waals surface area contributed by atoms with Crippen LogP contribution in [-0.2, 0) is 30.4 Å². The van der Waals surface area contributed by atoms with Gasteiger partial charge in [0, 0.05) is 12.2 Å². The van der Waals surface area contributed by atoms with E-state index in [-0.39, 0.29) is 12.2 Å². The number of carbonyl (C=O) groups excluding carboxylic acids is 4. The Kier molecular flexibility index (Phi) is 10.5. The molecular formula is C19H27N5O6S. The maximum absolute atomic E-state index is 12.8. The number of amides is 4. The zero-order valence-electron chi connectivity index (χ0n) is 16.9. The van der Waals surface area contributed by atoms with Crippen molar-refractivity contribution < 1.29 is 29.1 Å². The standard InChI is InChI=1S/C19H27N5O6S/c1-10(16(26)24-14(19(29)30)8-15(21)25)22-18(28)13(23-17(27)12(20)9-31)7-11-5-3-2-4-6-11/h2-6,10,12-14,31H,7-9,20H2,1H3,(H2,21,25)(H,22,28)(H,23,27)(H,24,26)(H,29,30). The number of hydrogen-bond donors (Lipinski definition) is 7. The van der Waals surface area contributed by atoms with Crippen molar-refractivity contribution in [2.75, 3.05) is 5.75 Å². The van der Waals surface area contributed by atoms with E-state index in [0.717, 1.165) is 5.56 Å². The van der Waals surface area contributed by atoms with Crippen LogP contribution in [0.1, 0.15) is 18.9 Å². The van der Waals surface area contributed by atoms with Crippen molar-refractivity contribution in [2.45, 2.75) is 43.9 Å². The first-order valence-electron chi connectivity index (χ1n) is 9.37. The molecule has 0 saturated carbocycles. The minimum Gasteiger partial charge on any atom is -0.480 e. The smallest absolute Gasteiger partial charge is 0.326 e. The predicted octanol–water partition coefficient (Wildman–Crippen LogP) is -2.08. The number of carboxylic acid groups (broad SMARTS) is 1. The molecule has 0 saturated heterocycles. The van der Waals surface area contributed by atoms with Crippen LogP contribution in [0.2, 0.25) is 0 Å². The van der Waals surface area contributed by atoms with Gasteiger partial charge in [-0.2, -0.15) is 12.6 Å². The first-order chi connectivity index (χ1) is 14.5. The number of hydrogen-bond acceptors (Lipinski definition) is 7. The lowest BCUT2D eigenvalue weighted by Crippen LogP contribution is -2.57. The Morgan fingerprint density at radius 2 is 1.55 bits per heavy atom. The zero-order valence-corrected chi connectivity index (χ0v) is 17.8. The van der Waals surface area contributed by atoms with E-state index in [1.54, 1.807) is 30.3 Å². The van der Waals surface area contributed by atoms with Crippen molar-refractivity contribution >= 4 is 42.2 Å². The lowest BCUT2D eigenvalue weighted by Gasteiger charge is -2.23. The van der Waals surface area contributed by atoms with Crippen molar-refractivity contribution in [1.82, 2.24) is 16.0 Å². The summed E-state index contributed by atoms with van der Waals surface area (Å²) in [4.78, 5) is 59.3. The van der Waals surface area contributed by atoms with E-state index in [1.807, 2.05) is 0 Å². The molecule has 31 heavy (non-hydrogen) atoms. The van der Waals surface area contributed by atoms with E-state index >= 15 is 0 Å². The molecule has 0 spiro atoms. The van der Waals surface area contributed by atoms with Crippen LogP contribution in [0.5, 0.6) is 0 Å². The van der Waals surface area contributed by atoms with E-state index in [0.29, 0.717) is 0 Å². The number of carbonyl (C=O) groups is 5. The van der Waals surface area contributed by atoms with Gasteiger partial charge in [-0.25, -0.2) is 4.79 Å². The van der Waals surface area contributed by atoms with Gasteiger partial charge in [-0.05, 0) is 12.5 Å². The van der Waals surface area contributed by atoms with Gasteiger partial charge in [0.2, 0.25) is 23.6 Å². The lowest BCUT2D eigenvalue weighted by molar-refractivity contribution is -0.143. The molecule has 1 aromatic rings. The largest absolute Gasteiger partial charge is 0.480 e. The van der Waals surface area contributed by atoms with Crippen molar-refractivity contribution in [3.8, 4) is 0 Å². The number of thiol groups is 1. The first-order valence-corrected chi connectivity index (χ1v) is 10.0. The summed E-state index contributed by atoms with van der Waals surface area (Å²) in [6, 6.07) is 4.21. The van der Waals surface area contributed by atoms with Crippen molar-refractivity contribution in [1.29, 1.82) is 0 Å². The number of nitrogens with one attached hydrogen (secondary N) is 3. The van der Waals surface area contributed by atoms with Crippen LogP contribution in [0.3, 0.4) is 0 Å². The van der Waals surface area contributed by atoms with Crippen LogP contribution >= 0.6 is 12.6 Å². The molecule has 0 aliphatic carbocycles. The van der Waals surface area contributed by atoms with Crippen LogP contribution in [0.4, 0.5) is 0 Å². The highest BCUT2D eigenvalue weighted by Gasteiger charge is 2.28. The molecule has 0 aromatic heterocycles. The minimum absolute atomic E-state index is 0.0702. The Hall–Kier alpha value is -3.12. The third-order valence-corrected chi connectivity index (χ3v) is 4.61. The highest BCUT2D eigenvalue weighted by Crippen LogP contribution is 2.05. The number of aliphatic carboxylic acids is 1. The summed E-state index contributed by atoms with van der Waals surface area (Å²) in [5, 5.41) is 16.2. The fraction of sp³-hybridized carbons (Fsp3) is 0.421. The summed E-state index contributed by atoms with van der Waals surface area (Å²) in [5.41, 5.74) is 11.4. The molecular weight excluding hydrogens is 426 g/mol. The molecule has 8 N–H and O–H groups in total. The molecule has 4 amide bonds. The third-order valence-electron chi connectivity index (χ3n) is 4.22. The maximum atomic E-state index is 12.8. The van der Waals surface area contributed by atoms with Gasteiger partial charge >= 0.3 is 5.97 Å². The van der Waals surface area contributed by atoms with E-state index in [9.17, 15) is 24.0 Å². The fourth-order valence-electron chi connectivity index (χ4n) is 2.50. The maximum Gasteiger partial charge on any atom is 0.326 e. The summed E-state index contributed by atoms with van der Waals surface area (Å²) in [6.07, 6.45) is -0.471. The van der Waals surface area contributed by atoms with Gasteiger partial charge in [-0.1, -0.05) is 30.3 Å². The van der Waals surface area contributed by atoms with Crippen LogP contribution in [0.25, 0.3) is 0 Å². The number of primary amides is 1. The highest BCUT2D eigenvalue weighted by atomic mass is 32.1. The van der Waals surface area contributed by atoms with E-state index in [2.05, 4.69) is 28.6 Å². The summed E-state index contributed by atoms with van der Waals surface area (Å²) in [5.74, 6) is -4.38. The molecule has 12 heteroatoms. The number of nitrogens with two attached hydrogens (primary N) is 2. The monoisotopic (exact) mass is 453 g/mol. The predicted molar refractivity (Wildman–Crippen MR) is 115 cm³/mol. The Morgan fingerprint density at radius 3 is 2.06 bits per heavy atom. The van der Waals surface area contributed by atoms with Gasteiger partial charge < -0.3 is 32.5 Å². The lowest BCUT2D eigenvalue weighted by atomic mass is 10.0. The minimum atomic E-state index is -1.53. The van der Waals surface area contributed by atoms with Gasteiger partial charge in [0.15, 0.2) is 0 Å². The van der Waals surface area contributed by atoms with Crippen molar-refractivity contribution in [3.05, 3.63) is 35.9 Å². The van der Waals surface area contributed by atoms with Gasteiger partial charge in [-0.3, -0.25) is 19.2 Å². The Labute approximate surface area is 184 Å². The molecule has 0 radical (unpaired) electrons. The molecule has 4 atom stereocenters. The summed E-state index contributed by atoms with van der Waals surface area (Å²) in [7, 11) is 0. The first kappa shape index (κ1) is 25.9. The van der Waals surface area contributed by atoms with Crippen LogP contribution in [-0.4, -0.2) is 64.6 Å². The second kappa shape index (κ2) is 12.5. The number of benzene rings is 1.